The monoisotopic (exact) mass is 333 g/mol. The van der Waals surface area contributed by atoms with Gasteiger partial charge in [-0.05, 0) is 12.1 Å². The maximum absolute atomic E-state index is 13.1. The minimum absolute atomic E-state index is 0.151. The summed E-state index contributed by atoms with van der Waals surface area (Å²) in [6.07, 6.45) is 0. The first kappa shape index (κ1) is 15.4. The zero-order valence-electron chi connectivity index (χ0n) is 10.4. The number of hydrogen-bond donors (Lipinski definition) is 1. The van der Waals surface area contributed by atoms with E-state index in [-0.39, 0.29) is 18.3 Å². The van der Waals surface area contributed by atoms with Gasteiger partial charge < -0.3 is 14.8 Å². The third kappa shape index (κ3) is 5.25. The fourth-order valence-electron chi connectivity index (χ4n) is 1.35. The van der Waals surface area contributed by atoms with E-state index in [1.807, 2.05) is 0 Å². The van der Waals surface area contributed by atoms with Crippen molar-refractivity contribution in [2.75, 3.05) is 13.7 Å². The molecule has 0 saturated heterocycles. The van der Waals surface area contributed by atoms with E-state index in [1.54, 1.807) is 6.07 Å². The van der Waals surface area contributed by atoms with Gasteiger partial charge in [-0.1, -0.05) is 15.9 Å². The van der Waals surface area contributed by atoms with Crippen LogP contribution >= 0.6 is 15.9 Å². The normalized spacial score (nSPS) is 11.6. The molecule has 5 nitrogen and oxygen atoms in total. The van der Waals surface area contributed by atoms with Gasteiger partial charge in [0.25, 0.3) is 0 Å². The minimum atomic E-state index is -0.940. The molecule has 1 rings (SSSR count). The average Bonchev–Trinajstić information content (AvgIpc) is 2.31. The fourth-order valence-corrected chi connectivity index (χ4v) is 1.79. The lowest BCUT2D eigenvalue weighted by molar-refractivity contribution is -0.145. The smallest absolute Gasteiger partial charge is 0.331 e. The number of nitrogens with one attached hydrogen (secondary N) is 1. The van der Waals surface area contributed by atoms with Gasteiger partial charge in [-0.25, -0.2) is 9.18 Å². The van der Waals surface area contributed by atoms with Gasteiger partial charge >= 0.3 is 5.97 Å². The molecule has 0 radical (unpaired) electrons. The number of amides is 1. The van der Waals surface area contributed by atoms with E-state index in [1.165, 1.54) is 26.2 Å². The van der Waals surface area contributed by atoms with Crippen LogP contribution in [0.2, 0.25) is 0 Å². The minimum Gasteiger partial charge on any atom is -0.491 e. The van der Waals surface area contributed by atoms with Crippen LogP contribution in [0.3, 0.4) is 0 Å². The van der Waals surface area contributed by atoms with Crippen LogP contribution in [0.5, 0.6) is 5.75 Å². The lowest BCUT2D eigenvalue weighted by Gasteiger charge is -2.16. The first-order valence-corrected chi connectivity index (χ1v) is 6.15. The molecule has 1 amide bonds. The first-order chi connectivity index (χ1) is 8.92. The predicted octanol–water partition coefficient (Wildman–Crippen LogP) is 1.64. The van der Waals surface area contributed by atoms with Crippen molar-refractivity contribution in [3.05, 3.63) is 28.5 Å². The summed E-state index contributed by atoms with van der Waals surface area (Å²) in [4.78, 5) is 22.4. The van der Waals surface area contributed by atoms with Gasteiger partial charge in [0.05, 0.1) is 7.11 Å². The molecule has 1 aromatic carbocycles. The Bertz CT molecular complexity index is 461. The molecule has 0 heterocycles. The van der Waals surface area contributed by atoms with Gasteiger partial charge in [0.1, 0.15) is 18.2 Å². The molecule has 1 N–H and O–H groups in total. The quantitative estimate of drug-likeness (QED) is 0.832. The summed E-state index contributed by atoms with van der Waals surface area (Å²) < 4.78 is 23.4. The van der Waals surface area contributed by atoms with Crippen molar-refractivity contribution in [3.63, 3.8) is 0 Å². The number of esters is 1. The second kappa shape index (κ2) is 7.08. The third-order valence-corrected chi connectivity index (χ3v) is 2.57. The van der Waals surface area contributed by atoms with Crippen LogP contribution in [0.4, 0.5) is 4.39 Å². The lowest BCUT2D eigenvalue weighted by atomic mass is 10.3. The highest BCUT2D eigenvalue weighted by Gasteiger charge is 2.21. The van der Waals surface area contributed by atoms with E-state index in [2.05, 4.69) is 26.0 Å². The Morgan fingerprint density at radius 1 is 1.42 bits per heavy atom. The maximum atomic E-state index is 13.1. The molecular formula is C12H13BrFNO4. The van der Waals surface area contributed by atoms with E-state index in [4.69, 9.17) is 4.74 Å². The second-order valence-corrected chi connectivity index (χ2v) is 4.61. The van der Waals surface area contributed by atoms with Crippen LogP contribution in [0.25, 0.3) is 0 Å². The molecule has 0 aliphatic carbocycles. The Morgan fingerprint density at radius 2 is 2.11 bits per heavy atom. The molecule has 0 spiro atoms. The number of benzene rings is 1. The van der Waals surface area contributed by atoms with E-state index in [9.17, 15) is 14.0 Å². The van der Waals surface area contributed by atoms with Gasteiger partial charge in [-0.2, -0.15) is 0 Å². The topological polar surface area (TPSA) is 64.6 Å². The third-order valence-electron chi connectivity index (χ3n) is 2.12. The van der Waals surface area contributed by atoms with Gasteiger partial charge in [0.15, 0.2) is 6.04 Å². The van der Waals surface area contributed by atoms with Crippen molar-refractivity contribution in [3.8, 4) is 5.75 Å². The number of hydrogen-bond acceptors (Lipinski definition) is 4. The van der Waals surface area contributed by atoms with Crippen LogP contribution < -0.4 is 10.1 Å². The Kier molecular flexibility index (Phi) is 5.75. The molecule has 0 aromatic heterocycles. The molecule has 0 aliphatic rings. The van der Waals surface area contributed by atoms with Crippen LogP contribution in [0.15, 0.2) is 22.7 Å². The van der Waals surface area contributed by atoms with Crippen LogP contribution in [-0.2, 0) is 14.3 Å². The van der Waals surface area contributed by atoms with Gasteiger partial charge in [-0.15, -0.1) is 0 Å². The summed E-state index contributed by atoms with van der Waals surface area (Å²) in [5, 5.41) is 2.39. The highest BCUT2D eigenvalue weighted by molar-refractivity contribution is 9.10. The van der Waals surface area contributed by atoms with Crippen LogP contribution in [0.1, 0.15) is 6.92 Å². The van der Waals surface area contributed by atoms with Gasteiger partial charge in [-0.3, -0.25) is 4.79 Å². The molecule has 104 valence electrons. The highest BCUT2D eigenvalue weighted by atomic mass is 79.9. The Labute approximate surface area is 118 Å². The molecule has 1 unspecified atom stereocenters. The van der Waals surface area contributed by atoms with Crippen LogP contribution in [0, 0.1) is 5.82 Å². The number of carbonyl (C=O) groups excluding carboxylic acids is 2. The van der Waals surface area contributed by atoms with Gasteiger partial charge in [0.2, 0.25) is 5.91 Å². The number of halogens is 2. The molecular weight excluding hydrogens is 321 g/mol. The zero-order valence-corrected chi connectivity index (χ0v) is 12.0. The van der Waals surface area contributed by atoms with Crippen molar-refractivity contribution in [2.24, 2.45) is 0 Å². The zero-order chi connectivity index (χ0) is 14.4. The van der Waals surface area contributed by atoms with Crippen molar-refractivity contribution in [1.29, 1.82) is 0 Å². The largest absolute Gasteiger partial charge is 0.491 e. The summed E-state index contributed by atoms with van der Waals surface area (Å²) >= 11 is 3.12. The van der Waals surface area contributed by atoms with Crippen LogP contribution in [-0.4, -0.2) is 31.6 Å². The Morgan fingerprint density at radius 3 is 2.63 bits per heavy atom. The summed E-state index contributed by atoms with van der Waals surface area (Å²) in [6.45, 7) is 1.12. The van der Waals surface area contributed by atoms with Crippen molar-refractivity contribution in [1.82, 2.24) is 5.32 Å². The summed E-state index contributed by atoms with van der Waals surface area (Å²) in [5.41, 5.74) is 0. The number of rotatable bonds is 5. The number of carbonyl (C=O) groups is 2. The molecule has 0 aliphatic heterocycles. The molecule has 0 saturated carbocycles. The Hall–Kier alpha value is -1.63. The predicted molar refractivity (Wildman–Crippen MR) is 69.2 cm³/mol. The molecule has 0 bridgehead atoms. The standard InChI is InChI=1S/C12H13BrFNO4/c1-7(16)15-11(12(17)18-2)6-19-10-4-8(13)3-9(14)5-10/h3-5,11H,6H2,1-2H3,(H,15,16). The summed E-state index contributed by atoms with van der Waals surface area (Å²) in [6, 6.07) is 3.06. The second-order valence-electron chi connectivity index (χ2n) is 3.69. The molecule has 19 heavy (non-hydrogen) atoms. The average molecular weight is 334 g/mol. The molecule has 1 aromatic rings. The van der Waals surface area contributed by atoms with E-state index >= 15 is 0 Å². The summed E-state index contributed by atoms with van der Waals surface area (Å²) in [7, 11) is 1.20. The molecule has 0 fully saturated rings. The summed E-state index contributed by atoms with van der Waals surface area (Å²) in [5.74, 6) is -1.25. The number of ether oxygens (including phenoxy) is 2. The SMILES string of the molecule is COC(=O)C(COc1cc(F)cc(Br)c1)NC(C)=O. The first-order valence-electron chi connectivity index (χ1n) is 5.36. The highest BCUT2D eigenvalue weighted by Crippen LogP contribution is 2.20. The molecule has 7 heteroatoms. The molecule has 1 atom stereocenters. The van der Waals surface area contributed by atoms with E-state index in [0.717, 1.165) is 0 Å². The van der Waals surface area contributed by atoms with Crippen molar-refractivity contribution in [2.45, 2.75) is 13.0 Å². The fraction of sp³-hybridized carbons (Fsp3) is 0.333. The van der Waals surface area contributed by atoms with E-state index in [0.29, 0.717) is 4.47 Å². The number of methoxy groups -OCH3 is 1. The van der Waals surface area contributed by atoms with Crippen molar-refractivity contribution >= 4 is 27.8 Å². The Balaban J connectivity index is 2.69. The lowest BCUT2D eigenvalue weighted by Crippen LogP contribution is -2.44. The van der Waals surface area contributed by atoms with Crippen molar-refractivity contribution < 1.29 is 23.5 Å². The van der Waals surface area contributed by atoms with E-state index < -0.39 is 17.8 Å². The maximum Gasteiger partial charge on any atom is 0.331 e. The van der Waals surface area contributed by atoms with Gasteiger partial charge in [0, 0.05) is 17.5 Å².